The van der Waals surface area contributed by atoms with Crippen LogP contribution in [-0.4, -0.2) is 16.5 Å². The molecule has 0 saturated carbocycles. The molecule has 3 nitrogen and oxygen atoms in total. The highest BCUT2D eigenvalue weighted by atomic mass is 79.9. The Hall–Kier alpha value is -1.49. The van der Waals surface area contributed by atoms with Gasteiger partial charge in [0.25, 0.3) is 0 Å². The Morgan fingerprint density at radius 3 is 2.57 bits per heavy atom. The van der Waals surface area contributed by atoms with Gasteiger partial charge < -0.3 is 5.32 Å². The minimum atomic E-state index is -0.168. The first kappa shape index (κ1) is 15.9. The molecule has 0 saturated heterocycles. The van der Waals surface area contributed by atoms with E-state index >= 15 is 0 Å². The van der Waals surface area contributed by atoms with Crippen LogP contribution in [0.15, 0.2) is 34.9 Å². The second kappa shape index (κ2) is 6.52. The number of nitrogens with one attached hydrogen (secondary N) is 1. The van der Waals surface area contributed by atoms with Crippen molar-refractivity contribution in [1.29, 1.82) is 0 Å². The zero-order chi connectivity index (χ0) is 15.5. The second-order valence-electron chi connectivity index (χ2n) is 5.92. The first-order valence-electron chi connectivity index (χ1n) is 6.88. The van der Waals surface area contributed by atoms with Crippen molar-refractivity contribution >= 4 is 21.7 Å². The summed E-state index contributed by atoms with van der Waals surface area (Å²) in [5.74, 6) is 1.35. The van der Waals surface area contributed by atoms with Gasteiger partial charge >= 0.3 is 0 Å². The van der Waals surface area contributed by atoms with Crippen molar-refractivity contribution in [1.82, 2.24) is 9.97 Å². The third-order valence-electron chi connectivity index (χ3n) is 3.02. The summed E-state index contributed by atoms with van der Waals surface area (Å²) in [4.78, 5) is 8.90. The maximum atomic E-state index is 13.5. The molecule has 112 valence electrons. The van der Waals surface area contributed by atoms with E-state index < -0.39 is 0 Å². The number of hydrogen-bond donors (Lipinski definition) is 1. The Kier molecular flexibility index (Phi) is 4.93. The lowest BCUT2D eigenvalue weighted by Gasteiger charge is -2.18. The van der Waals surface area contributed by atoms with Crippen molar-refractivity contribution < 1.29 is 4.39 Å². The maximum absolute atomic E-state index is 13.5. The van der Waals surface area contributed by atoms with Crippen LogP contribution in [0.2, 0.25) is 0 Å². The van der Waals surface area contributed by atoms with Gasteiger partial charge in [0, 0.05) is 18.0 Å². The number of hydrogen-bond acceptors (Lipinski definition) is 3. The molecule has 1 aromatic heterocycles. The predicted octanol–water partition coefficient (Wildman–Crippen LogP) is 4.33. The lowest BCUT2D eigenvalue weighted by molar-refractivity contribution is 0.544. The van der Waals surface area contributed by atoms with E-state index in [0.717, 1.165) is 16.2 Å². The summed E-state index contributed by atoms with van der Waals surface area (Å²) < 4.78 is 14.3. The Balaban J connectivity index is 2.04. The van der Waals surface area contributed by atoms with Crippen molar-refractivity contribution in [3.05, 3.63) is 52.1 Å². The van der Waals surface area contributed by atoms with E-state index in [1.165, 1.54) is 6.07 Å². The van der Waals surface area contributed by atoms with Gasteiger partial charge in [-0.3, -0.25) is 0 Å². The van der Waals surface area contributed by atoms with E-state index in [2.05, 4.69) is 52.0 Å². The van der Waals surface area contributed by atoms with Crippen LogP contribution in [-0.2, 0) is 11.8 Å². The zero-order valence-electron chi connectivity index (χ0n) is 12.5. The van der Waals surface area contributed by atoms with Crippen molar-refractivity contribution in [3.8, 4) is 0 Å². The zero-order valence-corrected chi connectivity index (χ0v) is 14.0. The average Bonchev–Trinajstić information content (AvgIpc) is 2.39. The van der Waals surface area contributed by atoms with Gasteiger partial charge in [-0.05, 0) is 34.0 Å². The SMILES string of the molecule is CC(C)(C)c1nc(Br)cc(NCCc2ccccc2F)n1. The van der Waals surface area contributed by atoms with E-state index in [1.54, 1.807) is 12.1 Å². The third-order valence-corrected chi connectivity index (χ3v) is 3.43. The Morgan fingerprint density at radius 2 is 1.90 bits per heavy atom. The molecule has 0 atom stereocenters. The number of nitrogens with zero attached hydrogens (tertiary/aromatic N) is 2. The highest BCUT2D eigenvalue weighted by Crippen LogP contribution is 2.22. The van der Waals surface area contributed by atoms with E-state index in [1.807, 2.05) is 12.1 Å². The first-order valence-corrected chi connectivity index (χ1v) is 7.68. The molecule has 21 heavy (non-hydrogen) atoms. The fraction of sp³-hybridized carbons (Fsp3) is 0.375. The molecular weight excluding hydrogens is 333 g/mol. The van der Waals surface area contributed by atoms with Crippen LogP contribution in [0.5, 0.6) is 0 Å². The van der Waals surface area contributed by atoms with E-state index in [4.69, 9.17) is 0 Å². The molecule has 0 bridgehead atoms. The summed E-state index contributed by atoms with van der Waals surface area (Å²) in [5, 5.41) is 3.23. The van der Waals surface area contributed by atoms with Crippen molar-refractivity contribution in [2.45, 2.75) is 32.6 Å². The van der Waals surface area contributed by atoms with Gasteiger partial charge in [0.1, 0.15) is 22.1 Å². The highest BCUT2D eigenvalue weighted by Gasteiger charge is 2.18. The molecule has 0 amide bonds. The quantitative estimate of drug-likeness (QED) is 0.833. The first-order chi connectivity index (χ1) is 9.86. The minimum absolute atomic E-state index is 0.119. The molecule has 0 spiro atoms. The molecule has 1 N–H and O–H groups in total. The van der Waals surface area contributed by atoms with Gasteiger partial charge in [-0.2, -0.15) is 0 Å². The van der Waals surface area contributed by atoms with Gasteiger partial charge in [-0.25, -0.2) is 14.4 Å². The van der Waals surface area contributed by atoms with Gasteiger partial charge in [0.2, 0.25) is 0 Å². The van der Waals surface area contributed by atoms with E-state index in [0.29, 0.717) is 18.5 Å². The van der Waals surface area contributed by atoms with Crippen LogP contribution in [0.4, 0.5) is 10.2 Å². The molecule has 5 heteroatoms. The van der Waals surface area contributed by atoms with Gasteiger partial charge in [-0.15, -0.1) is 0 Å². The standard InChI is InChI=1S/C16H19BrFN3/c1-16(2,3)15-20-13(17)10-14(21-15)19-9-8-11-6-4-5-7-12(11)18/h4-7,10H,8-9H2,1-3H3,(H,19,20,21). The number of anilines is 1. The normalized spacial score (nSPS) is 11.5. The molecule has 2 rings (SSSR count). The molecule has 0 unspecified atom stereocenters. The molecule has 0 aliphatic heterocycles. The lowest BCUT2D eigenvalue weighted by Crippen LogP contribution is -2.18. The second-order valence-corrected chi connectivity index (χ2v) is 6.73. The Labute approximate surface area is 133 Å². The summed E-state index contributed by atoms with van der Waals surface area (Å²) in [6, 6.07) is 8.65. The topological polar surface area (TPSA) is 37.8 Å². The third kappa shape index (κ3) is 4.49. The number of benzene rings is 1. The largest absolute Gasteiger partial charge is 0.370 e. The number of halogens is 2. The maximum Gasteiger partial charge on any atom is 0.137 e. The van der Waals surface area contributed by atoms with E-state index in [9.17, 15) is 4.39 Å². The summed E-state index contributed by atoms with van der Waals surface area (Å²) in [6.45, 7) is 6.82. The van der Waals surface area contributed by atoms with Crippen molar-refractivity contribution in [2.75, 3.05) is 11.9 Å². The van der Waals surface area contributed by atoms with Crippen LogP contribution in [0, 0.1) is 5.82 Å². The Morgan fingerprint density at radius 1 is 1.19 bits per heavy atom. The van der Waals surface area contributed by atoms with Crippen molar-refractivity contribution in [2.24, 2.45) is 0 Å². The molecule has 0 radical (unpaired) electrons. The van der Waals surface area contributed by atoms with Gasteiger partial charge in [0.15, 0.2) is 0 Å². The molecule has 2 aromatic rings. The van der Waals surface area contributed by atoms with Gasteiger partial charge in [0.05, 0.1) is 0 Å². The van der Waals surface area contributed by atoms with Crippen LogP contribution in [0.3, 0.4) is 0 Å². The molecule has 0 aliphatic carbocycles. The smallest absolute Gasteiger partial charge is 0.137 e. The summed E-state index contributed by atoms with van der Waals surface area (Å²) in [6.07, 6.45) is 0.610. The number of rotatable bonds is 4. The fourth-order valence-electron chi connectivity index (χ4n) is 1.87. The van der Waals surface area contributed by atoms with Crippen LogP contribution >= 0.6 is 15.9 Å². The molecular formula is C16H19BrFN3. The molecule has 0 aliphatic rings. The Bertz CT molecular complexity index is 623. The molecule has 1 heterocycles. The van der Waals surface area contributed by atoms with Crippen LogP contribution in [0.25, 0.3) is 0 Å². The highest BCUT2D eigenvalue weighted by molar-refractivity contribution is 9.10. The van der Waals surface area contributed by atoms with Gasteiger partial charge in [-0.1, -0.05) is 39.0 Å². The van der Waals surface area contributed by atoms with Crippen LogP contribution < -0.4 is 5.32 Å². The number of aromatic nitrogens is 2. The molecule has 1 aromatic carbocycles. The fourth-order valence-corrected chi connectivity index (χ4v) is 2.25. The summed E-state index contributed by atoms with van der Waals surface area (Å²) >= 11 is 3.40. The molecule has 0 fully saturated rings. The summed E-state index contributed by atoms with van der Waals surface area (Å²) in [7, 11) is 0. The predicted molar refractivity (Wildman–Crippen MR) is 87.0 cm³/mol. The minimum Gasteiger partial charge on any atom is -0.370 e. The van der Waals surface area contributed by atoms with Crippen LogP contribution in [0.1, 0.15) is 32.2 Å². The monoisotopic (exact) mass is 351 g/mol. The average molecular weight is 352 g/mol. The van der Waals surface area contributed by atoms with Crippen molar-refractivity contribution in [3.63, 3.8) is 0 Å². The summed E-state index contributed by atoms with van der Waals surface area (Å²) in [5.41, 5.74) is 0.584. The van der Waals surface area contributed by atoms with E-state index in [-0.39, 0.29) is 11.2 Å². The lowest BCUT2D eigenvalue weighted by atomic mass is 9.96.